The first-order valence-corrected chi connectivity index (χ1v) is 13.9. The SMILES string of the molecule is O=C(NCCCCCCCCNc1c2c(nc3cc(Cl)ccc13)CCCC2)Oc1c[nH]c2ccccc12. The second-order valence-corrected chi connectivity index (χ2v) is 10.3. The summed E-state index contributed by atoms with van der Waals surface area (Å²) < 4.78 is 5.44. The highest BCUT2D eigenvalue weighted by molar-refractivity contribution is 6.31. The second kappa shape index (κ2) is 12.3. The van der Waals surface area contributed by atoms with Crippen molar-refractivity contribution in [2.75, 3.05) is 18.4 Å². The number of unbranched alkanes of at least 4 members (excludes halogenated alkanes) is 5. The van der Waals surface area contributed by atoms with Crippen LogP contribution in [-0.2, 0) is 12.8 Å². The van der Waals surface area contributed by atoms with E-state index in [2.05, 4.69) is 21.7 Å². The summed E-state index contributed by atoms with van der Waals surface area (Å²) in [4.78, 5) is 20.1. The Morgan fingerprint density at radius 3 is 2.62 bits per heavy atom. The van der Waals surface area contributed by atoms with Gasteiger partial charge in [-0.2, -0.15) is 0 Å². The van der Waals surface area contributed by atoms with Crippen LogP contribution < -0.4 is 15.4 Å². The summed E-state index contributed by atoms with van der Waals surface area (Å²) >= 11 is 6.24. The molecular formula is C30H35ClN4O2. The van der Waals surface area contributed by atoms with Crippen molar-refractivity contribution in [1.29, 1.82) is 0 Å². The van der Waals surface area contributed by atoms with Crippen LogP contribution in [0.25, 0.3) is 21.8 Å². The third-order valence-corrected chi connectivity index (χ3v) is 7.39. The van der Waals surface area contributed by atoms with Crippen molar-refractivity contribution in [1.82, 2.24) is 15.3 Å². The van der Waals surface area contributed by atoms with E-state index in [0.29, 0.717) is 12.3 Å². The lowest BCUT2D eigenvalue weighted by Gasteiger charge is -2.22. The molecule has 0 saturated carbocycles. The van der Waals surface area contributed by atoms with Gasteiger partial charge < -0.3 is 20.4 Å². The van der Waals surface area contributed by atoms with Crippen molar-refractivity contribution in [3.63, 3.8) is 0 Å². The van der Waals surface area contributed by atoms with Gasteiger partial charge in [0.2, 0.25) is 0 Å². The molecule has 1 amide bonds. The van der Waals surface area contributed by atoms with Gasteiger partial charge in [0.15, 0.2) is 5.75 Å². The van der Waals surface area contributed by atoms with Crippen LogP contribution >= 0.6 is 11.6 Å². The van der Waals surface area contributed by atoms with Crippen LogP contribution in [0.4, 0.5) is 10.5 Å². The van der Waals surface area contributed by atoms with Gasteiger partial charge in [-0.15, -0.1) is 0 Å². The molecule has 0 unspecified atom stereocenters. The normalized spacial score (nSPS) is 13.0. The average molecular weight is 519 g/mol. The zero-order chi connectivity index (χ0) is 25.5. The number of para-hydroxylation sites is 1. The minimum absolute atomic E-state index is 0.399. The second-order valence-electron chi connectivity index (χ2n) is 9.84. The molecule has 1 aliphatic carbocycles. The highest BCUT2D eigenvalue weighted by Crippen LogP contribution is 2.34. The molecule has 7 heteroatoms. The number of hydrogen-bond donors (Lipinski definition) is 3. The molecule has 0 bridgehead atoms. The maximum absolute atomic E-state index is 12.1. The van der Waals surface area contributed by atoms with Gasteiger partial charge in [-0.1, -0.05) is 49.4 Å². The first kappa shape index (κ1) is 25.4. The standard InChI is InChI=1S/C30H35ClN4O2/c31-21-15-16-24-27(19-21)35-26-14-8-6-12-23(26)29(24)32-17-9-3-1-2-4-10-18-33-30(36)37-28-20-34-25-13-7-5-11-22(25)28/h5,7,11,13,15-16,19-20,34H,1-4,6,8-10,12,14,17-18H2,(H,32,35)(H,33,36). The fourth-order valence-corrected chi connectivity index (χ4v) is 5.39. The number of rotatable bonds is 11. The molecule has 37 heavy (non-hydrogen) atoms. The molecule has 5 rings (SSSR count). The molecule has 4 aromatic rings. The number of aromatic amines is 1. The summed E-state index contributed by atoms with van der Waals surface area (Å²) in [6.45, 7) is 1.60. The number of carbonyl (C=O) groups excluding carboxylic acids is 1. The third kappa shape index (κ3) is 6.37. The highest BCUT2D eigenvalue weighted by Gasteiger charge is 2.18. The van der Waals surface area contributed by atoms with Crippen LogP contribution in [0.2, 0.25) is 5.02 Å². The molecule has 2 heterocycles. The molecule has 0 fully saturated rings. The lowest BCUT2D eigenvalue weighted by Crippen LogP contribution is -2.27. The minimum Gasteiger partial charge on any atom is -0.408 e. The van der Waals surface area contributed by atoms with Gasteiger partial charge in [-0.3, -0.25) is 4.98 Å². The van der Waals surface area contributed by atoms with E-state index >= 15 is 0 Å². The minimum atomic E-state index is -0.399. The van der Waals surface area contributed by atoms with E-state index in [9.17, 15) is 4.79 Å². The molecule has 6 nitrogen and oxygen atoms in total. The predicted molar refractivity (Wildman–Crippen MR) is 152 cm³/mol. The lowest BCUT2D eigenvalue weighted by molar-refractivity contribution is 0.201. The molecule has 0 aliphatic heterocycles. The van der Waals surface area contributed by atoms with Gasteiger partial charge in [0.05, 0.1) is 5.52 Å². The van der Waals surface area contributed by atoms with Crippen LogP contribution in [0.15, 0.2) is 48.7 Å². The average Bonchev–Trinajstić information content (AvgIpc) is 3.31. The molecule has 0 radical (unpaired) electrons. The number of carbonyl (C=O) groups is 1. The largest absolute Gasteiger partial charge is 0.412 e. The Labute approximate surface area is 223 Å². The van der Waals surface area contributed by atoms with E-state index in [4.69, 9.17) is 21.3 Å². The van der Waals surface area contributed by atoms with Gasteiger partial charge >= 0.3 is 6.09 Å². The number of hydrogen-bond acceptors (Lipinski definition) is 4. The Morgan fingerprint density at radius 1 is 0.946 bits per heavy atom. The van der Waals surface area contributed by atoms with E-state index < -0.39 is 6.09 Å². The monoisotopic (exact) mass is 518 g/mol. The maximum atomic E-state index is 12.1. The number of anilines is 1. The third-order valence-electron chi connectivity index (χ3n) is 7.15. The smallest absolute Gasteiger partial charge is 0.408 e. The van der Waals surface area contributed by atoms with Gasteiger partial charge in [-0.05, 0) is 74.4 Å². The van der Waals surface area contributed by atoms with Crippen LogP contribution in [-0.4, -0.2) is 29.2 Å². The zero-order valence-electron chi connectivity index (χ0n) is 21.2. The number of nitrogens with one attached hydrogen (secondary N) is 3. The molecule has 2 aromatic carbocycles. The molecule has 1 aliphatic rings. The van der Waals surface area contributed by atoms with Gasteiger partial charge in [0, 0.05) is 52.0 Å². The quantitative estimate of drug-likeness (QED) is 0.177. The van der Waals surface area contributed by atoms with Crippen molar-refractivity contribution in [3.8, 4) is 5.75 Å². The van der Waals surface area contributed by atoms with Crippen LogP contribution in [0.3, 0.4) is 0 Å². The van der Waals surface area contributed by atoms with Crippen LogP contribution in [0, 0.1) is 0 Å². The first-order valence-electron chi connectivity index (χ1n) is 13.6. The summed E-state index contributed by atoms with van der Waals surface area (Å²) in [5.74, 6) is 0.561. The number of fused-ring (bicyclic) bond motifs is 3. The summed E-state index contributed by atoms with van der Waals surface area (Å²) in [6, 6.07) is 13.8. The first-order chi connectivity index (χ1) is 18.2. The number of aryl methyl sites for hydroxylation is 1. The number of nitrogens with zero attached hydrogens (tertiary/aromatic N) is 1. The summed E-state index contributed by atoms with van der Waals surface area (Å²) in [6.07, 6.45) is 12.7. The van der Waals surface area contributed by atoms with E-state index in [1.165, 1.54) is 54.4 Å². The van der Waals surface area contributed by atoms with Gasteiger partial charge in [0.25, 0.3) is 0 Å². The number of amides is 1. The van der Waals surface area contributed by atoms with Crippen molar-refractivity contribution >= 4 is 45.2 Å². The van der Waals surface area contributed by atoms with Crippen LogP contribution in [0.1, 0.15) is 62.6 Å². The molecule has 0 saturated heterocycles. The number of benzene rings is 2. The molecule has 0 spiro atoms. The predicted octanol–water partition coefficient (Wildman–Crippen LogP) is 7.79. The number of pyridine rings is 1. The summed E-state index contributed by atoms with van der Waals surface area (Å²) in [7, 11) is 0. The summed E-state index contributed by atoms with van der Waals surface area (Å²) in [5.41, 5.74) is 5.86. The molecular weight excluding hydrogens is 484 g/mol. The Kier molecular flexibility index (Phi) is 8.46. The van der Waals surface area contributed by atoms with Gasteiger partial charge in [0.1, 0.15) is 0 Å². The molecule has 194 valence electrons. The number of H-pyrrole nitrogens is 1. The Bertz CT molecular complexity index is 1370. The highest BCUT2D eigenvalue weighted by atomic mass is 35.5. The van der Waals surface area contributed by atoms with E-state index in [1.54, 1.807) is 6.20 Å². The van der Waals surface area contributed by atoms with Gasteiger partial charge in [-0.25, -0.2) is 4.79 Å². The Balaban J connectivity index is 0.980. The van der Waals surface area contributed by atoms with E-state index in [-0.39, 0.29) is 0 Å². The molecule has 0 atom stereocenters. The number of aromatic nitrogens is 2. The number of halogens is 1. The van der Waals surface area contributed by atoms with Crippen molar-refractivity contribution in [3.05, 3.63) is 64.9 Å². The maximum Gasteiger partial charge on any atom is 0.412 e. The van der Waals surface area contributed by atoms with Crippen molar-refractivity contribution in [2.45, 2.75) is 64.2 Å². The topological polar surface area (TPSA) is 79.0 Å². The summed E-state index contributed by atoms with van der Waals surface area (Å²) in [5, 5.41) is 9.43. The fraction of sp³-hybridized carbons (Fsp3) is 0.400. The van der Waals surface area contributed by atoms with Crippen molar-refractivity contribution < 1.29 is 9.53 Å². The fourth-order valence-electron chi connectivity index (χ4n) is 5.23. The molecule has 3 N–H and O–H groups in total. The lowest BCUT2D eigenvalue weighted by atomic mass is 9.92. The van der Waals surface area contributed by atoms with E-state index in [1.807, 2.05) is 36.4 Å². The molecule has 2 aromatic heterocycles. The zero-order valence-corrected chi connectivity index (χ0v) is 22.0. The van der Waals surface area contributed by atoms with Crippen LogP contribution in [0.5, 0.6) is 5.75 Å². The van der Waals surface area contributed by atoms with E-state index in [0.717, 1.165) is 60.1 Å². The Morgan fingerprint density at radius 2 is 1.73 bits per heavy atom. The van der Waals surface area contributed by atoms with Crippen molar-refractivity contribution in [2.24, 2.45) is 0 Å². The number of ether oxygens (including phenoxy) is 1. The Hall–Kier alpha value is -3.25.